The molecule has 8 heteroatoms. The maximum absolute atomic E-state index is 11.9. The highest BCUT2D eigenvalue weighted by Crippen LogP contribution is 2.26. The molecule has 6 nitrogen and oxygen atoms in total. The first-order valence-corrected chi connectivity index (χ1v) is 10.3. The van der Waals surface area contributed by atoms with Crippen molar-refractivity contribution >= 4 is 19.9 Å². The normalized spacial score (nSPS) is 20.3. The summed E-state index contributed by atoms with van der Waals surface area (Å²) >= 11 is 0. The maximum Gasteiger partial charge on any atom is 0.212 e. The molecule has 3 N–H and O–H groups in total. The molecular formula is C11H24N2O4S2. The molecule has 0 heterocycles. The van der Waals surface area contributed by atoms with Crippen LogP contribution >= 0.6 is 0 Å². The molecule has 0 radical (unpaired) electrons. The summed E-state index contributed by atoms with van der Waals surface area (Å²) in [7, 11) is -6.86. The fourth-order valence-electron chi connectivity index (χ4n) is 2.42. The zero-order chi connectivity index (χ0) is 14.5. The van der Waals surface area contributed by atoms with E-state index in [4.69, 9.17) is 5.73 Å². The molecule has 1 saturated carbocycles. The summed E-state index contributed by atoms with van der Waals surface area (Å²) < 4.78 is 48.3. The van der Waals surface area contributed by atoms with Gasteiger partial charge in [-0.15, -0.1) is 0 Å². The van der Waals surface area contributed by atoms with Crippen molar-refractivity contribution in [3.05, 3.63) is 0 Å². The zero-order valence-electron chi connectivity index (χ0n) is 11.3. The Morgan fingerprint density at radius 2 is 1.68 bits per heavy atom. The van der Waals surface area contributed by atoms with Crippen LogP contribution in [0.4, 0.5) is 0 Å². The molecule has 1 aliphatic rings. The van der Waals surface area contributed by atoms with Gasteiger partial charge in [-0.05, 0) is 18.8 Å². The van der Waals surface area contributed by atoms with Gasteiger partial charge in [0.05, 0.1) is 11.5 Å². The molecule has 0 aromatic carbocycles. The Hall–Kier alpha value is -0.180. The van der Waals surface area contributed by atoms with E-state index in [1.54, 1.807) is 0 Å². The summed E-state index contributed by atoms with van der Waals surface area (Å²) in [5, 5.41) is 0. The highest BCUT2D eigenvalue weighted by molar-refractivity contribution is 7.93. The molecule has 0 aliphatic heterocycles. The molecule has 1 fully saturated rings. The van der Waals surface area contributed by atoms with Crippen LogP contribution in [0.25, 0.3) is 0 Å². The lowest BCUT2D eigenvalue weighted by Crippen LogP contribution is -2.47. The topological polar surface area (TPSA) is 106 Å². The van der Waals surface area contributed by atoms with Gasteiger partial charge < -0.3 is 5.73 Å². The summed E-state index contributed by atoms with van der Waals surface area (Å²) in [6, 6.07) is -0.273. The Labute approximate surface area is 116 Å². The van der Waals surface area contributed by atoms with Gasteiger partial charge in [-0.1, -0.05) is 19.3 Å². The monoisotopic (exact) mass is 312 g/mol. The van der Waals surface area contributed by atoms with E-state index in [2.05, 4.69) is 4.72 Å². The minimum Gasteiger partial charge on any atom is -0.329 e. The van der Waals surface area contributed by atoms with E-state index in [9.17, 15) is 16.8 Å². The van der Waals surface area contributed by atoms with Crippen LogP contribution in [0.3, 0.4) is 0 Å². The largest absolute Gasteiger partial charge is 0.329 e. The van der Waals surface area contributed by atoms with Crippen molar-refractivity contribution in [1.82, 2.24) is 4.72 Å². The van der Waals surface area contributed by atoms with E-state index in [0.29, 0.717) is 0 Å². The van der Waals surface area contributed by atoms with Gasteiger partial charge in [-0.25, -0.2) is 21.6 Å². The molecular weight excluding hydrogens is 288 g/mol. The lowest BCUT2D eigenvalue weighted by atomic mass is 9.84. The van der Waals surface area contributed by atoms with Crippen LogP contribution in [0.15, 0.2) is 0 Å². The molecule has 0 aromatic heterocycles. The molecule has 114 valence electrons. The second-order valence-corrected chi connectivity index (χ2v) is 9.44. The first kappa shape index (κ1) is 16.9. The predicted octanol–water partition coefficient (Wildman–Crippen LogP) is -0.142. The van der Waals surface area contributed by atoms with Gasteiger partial charge >= 0.3 is 0 Å². The number of rotatable bonds is 7. The number of nitrogens with one attached hydrogen (secondary N) is 1. The van der Waals surface area contributed by atoms with Gasteiger partial charge in [0, 0.05) is 18.8 Å². The van der Waals surface area contributed by atoms with E-state index < -0.39 is 25.6 Å². The second-order valence-electron chi connectivity index (χ2n) is 5.31. The Morgan fingerprint density at radius 1 is 1.11 bits per heavy atom. The van der Waals surface area contributed by atoms with E-state index in [1.807, 2.05) is 0 Å². The SMILES string of the molecule is CS(=O)(=O)CCS(=O)(=O)NC(CN)C1CCCCC1. The molecule has 1 unspecified atom stereocenters. The standard InChI is InChI=1S/C11H24N2O4S2/c1-18(14,15)7-8-19(16,17)13-11(9-12)10-5-3-2-4-6-10/h10-11,13H,2-9,12H2,1H3. The Kier molecular flexibility index (Phi) is 6.22. The van der Waals surface area contributed by atoms with Crippen molar-refractivity contribution in [2.75, 3.05) is 24.3 Å². The fraction of sp³-hybridized carbons (Fsp3) is 1.00. The predicted molar refractivity (Wildman–Crippen MR) is 76.1 cm³/mol. The molecule has 19 heavy (non-hydrogen) atoms. The lowest BCUT2D eigenvalue weighted by Gasteiger charge is -2.29. The highest BCUT2D eigenvalue weighted by Gasteiger charge is 2.26. The molecule has 0 amide bonds. The third-order valence-corrected chi connectivity index (χ3v) is 6.13. The zero-order valence-corrected chi connectivity index (χ0v) is 13.0. The van der Waals surface area contributed by atoms with Crippen LogP contribution in [0.5, 0.6) is 0 Å². The number of hydrogen-bond acceptors (Lipinski definition) is 5. The third kappa shape index (κ3) is 6.69. The Bertz CT molecular complexity index is 467. The van der Waals surface area contributed by atoms with Gasteiger partial charge in [0.25, 0.3) is 0 Å². The molecule has 0 spiro atoms. The van der Waals surface area contributed by atoms with Gasteiger partial charge in [-0.3, -0.25) is 0 Å². The maximum atomic E-state index is 11.9. The van der Waals surface area contributed by atoms with E-state index in [-0.39, 0.29) is 24.3 Å². The van der Waals surface area contributed by atoms with Crippen LogP contribution in [-0.2, 0) is 19.9 Å². The van der Waals surface area contributed by atoms with Crippen LogP contribution in [0.2, 0.25) is 0 Å². The average Bonchev–Trinajstić information content (AvgIpc) is 2.34. The smallest absolute Gasteiger partial charge is 0.212 e. The lowest BCUT2D eigenvalue weighted by molar-refractivity contribution is 0.294. The van der Waals surface area contributed by atoms with Crippen molar-refractivity contribution in [2.45, 2.75) is 38.1 Å². The van der Waals surface area contributed by atoms with Crippen molar-refractivity contribution in [2.24, 2.45) is 11.7 Å². The van der Waals surface area contributed by atoms with Gasteiger partial charge in [-0.2, -0.15) is 0 Å². The number of sulfone groups is 1. The Morgan fingerprint density at radius 3 is 2.16 bits per heavy atom. The third-order valence-electron chi connectivity index (χ3n) is 3.53. The second kappa shape index (κ2) is 7.01. The van der Waals surface area contributed by atoms with Crippen LogP contribution < -0.4 is 10.5 Å². The molecule has 1 aliphatic carbocycles. The van der Waals surface area contributed by atoms with Crippen molar-refractivity contribution in [3.63, 3.8) is 0 Å². The van der Waals surface area contributed by atoms with Crippen molar-refractivity contribution in [3.8, 4) is 0 Å². The average molecular weight is 312 g/mol. The molecule has 0 aromatic rings. The van der Waals surface area contributed by atoms with Crippen LogP contribution in [0.1, 0.15) is 32.1 Å². The molecule has 1 rings (SSSR count). The summed E-state index contributed by atoms with van der Waals surface area (Å²) in [5.74, 6) is -0.481. The number of nitrogens with two attached hydrogens (primary N) is 1. The first-order chi connectivity index (χ1) is 8.73. The minimum atomic E-state index is -3.58. The summed E-state index contributed by atoms with van der Waals surface area (Å²) in [4.78, 5) is 0. The quantitative estimate of drug-likeness (QED) is 0.680. The van der Waals surface area contributed by atoms with Gasteiger partial charge in [0.1, 0.15) is 9.84 Å². The number of sulfonamides is 1. The van der Waals surface area contributed by atoms with Crippen molar-refractivity contribution < 1.29 is 16.8 Å². The fourth-order valence-corrected chi connectivity index (χ4v) is 5.38. The van der Waals surface area contributed by atoms with Gasteiger partial charge in [0.2, 0.25) is 10.0 Å². The molecule has 0 bridgehead atoms. The summed E-state index contributed by atoms with van der Waals surface area (Å²) in [5.41, 5.74) is 5.65. The molecule has 0 saturated heterocycles. The van der Waals surface area contributed by atoms with E-state index in [1.165, 1.54) is 6.42 Å². The van der Waals surface area contributed by atoms with Crippen LogP contribution in [-0.4, -0.2) is 47.2 Å². The van der Waals surface area contributed by atoms with Gasteiger partial charge in [0.15, 0.2) is 0 Å². The minimum absolute atomic E-state index is 0.253. The van der Waals surface area contributed by atoms with E-state index >= 15 is 0 Å². The summed E-state index contributed by atoms with van der Waals surface area (Å²) in [6.07, 6.45) is 6.39. The highest BCUT2D eigenvalue weighted by atomic mass is 32.2. The van der Waals surface area contributed by atoms with Crippen LogP contribution in [0, 0.1) is 5.92 Å². The summed E-state index contributed by atoms with van der Waals surface area (Å²) in [6.45, 7) is 0.253. The number of hydrogen-bond donors (Lipinski definition) is 2. The van der Waals surface area contributed by atoms with Crippen molar-refractivity contribution in [1.29, 1.82) is 0 Å². The van der Waals surface area contributed by atoms with E-state index in [0.717, 1.165) is 31.9 Å². The first-order valence-electron chi connectivity index (χ1n) is 6.61. The Balaban J connectivity index is 2.58. The molecule has 1 atom stereocenters.